The molecule has 0 saturated carbocycles. The van der Waals surface area contributed by atoms with Gasteiger partial charge in [0.05, 0.1) is 6.10 Å². The van der Waals surface area contributed by atoms with Crippen LogP contribution >= 0.6 is 22.7 Å². The van der Waals surface area contributed by atoms with Gasteiger partial charge in [-0.1, -0.05) is 12.1 Å². The number of ether oxygens (including phenoxy) is 1. The molecule has 3 heterocycles. The number of rotatable bonds is 4. The maximum atomic E-state index is 11.6. The van der Waals surface area contributed by atoms with Crippen LogP contribution in [0.2, 0.25) is 0 Å². The van der Waals surface area contributed by atoms with Crippen LogP contribution in [0.5, 0.6) is 0 Å². The number of hydrogen-bond acceptors (Lipinski definition) is 5. The maximum Gasteiger partial charge on any atom is 0.137 e. The molecule has 2 atom stereocenters. The summed E-state index contributed by atoms with van der Waals surface area (Å²) < 4.78 is 5.58. The molecule has 0 aliphatic carbocycles. The average molecular weight is 323 g/mol. The van der Waals surface area contributed by atoms with E-state index in [1.807, 2.05) is 35.0 Å². The largest absolute Gasteiger partial charge is 0.380 e. The van der Waals surface area contributed by atoms with Crippen LogP contribution in [0.1, 0.15) is 16.2 Å². The molecule has 2 aromatic rings. The average Bonchev–Trinajstić information content (AvgIpc) is 3.18. The molecule has 0 aromatic carbocycles. The minimum atomic E-state index is -0.909. The summed E-state index contributed by atoms with van der Waals surface area (Å²) in [4.78, 5) is 4.31. The fraction of sp³-hybridized carbons (Fsp3) is 0.500. The summed E-state index contributed by atoms with van der Waals surface area (Å²) in [5.74, 6) is 0.137. The monoisotopic (exact) mass is 323 g/mol. The first kappa shape index (κ1) is 15.2. The normalized spacial score (nSPS) is 24.3. The highest BCUT2D eigenvalue weighted by Crippen LogP contribution is 2.44. The molecule has 3 rings (SSSR count). The minimum Gasteiger partial charge on any atom is -0.380 e. The van der Waals surface area contributed by atoms with Crippen molar-refractivity contribution in [2.45, 2.75) is 18.1 Å². The molecule has 1 N–H and O–H groups in total. The van der Waals surface area contributed by atoms with E-state index in [-0.39, 0.29) is 12.0 Å². The summed E-state index contributed by atoms with van der Waals surface area (Å²) >= 11 is 3.26. The Morgan fingerprint density at radius 3 is 2.29 bits per heavy atom. The van der Waals surface area contributed by atoms with Crippen LogP contribution in [0.4, 0.5) is 0 Å². The van der Waals surface area contributed by atoms with Crippen molar-refractivity contribution < 1.29 is 9.84 Å². The Bertz CT molecular complexity index is 519. The van der Waals surface area contributed by atoms with Gasteiger partial charge in [0, 0.05) is 35.9 Å². The van der Waals surface area contributed by atoms with Crippen molar-refractivity contribution in [2.24, 2.45) is 5.92 Å². The molecule has 114 valence electrons. The zero-order chi connectivity index (χ0) is 14.9. The number of hydrogen-bond donors (Lipinski definition) is 1. The van der Waals surface area contributed by atoms with Crippen LogP contribution < -0.4 is 0 Å². The smallest absolute Gasteiger partial charge is 0.137 e. The lowest BCUT2D eigenvalue weighted by molar-refractivity contribution is -0.0583. The van der Waals surface area contributed by atoms with Crippen molar-refractivity contribution in [3.63, 3.8) is 0 Å². The molecule has 2 unspecified atom stereocenters. The summed E-state index contributed by atoms with van der Waals surface area (Å²) in [6, 6.07) is 8.11. The molecule has 0 spiro atoms. The van der Waals surface area contributed by atoms with E-state index in [4.69, 9.17) is 4.74 Å². The minimum absolute atomic E-state index is 0.137. The van der Waals surface area contributed by atoms with E-state index in [0.717, 1.165) is 29.3 Å². The number of methoxy groups -OCH3 is 1. The van der Waals surface area contributed by atoms with Gasteiger partial charge in [-0.25, -0.2) is 0 Å². The molecule has 1 saturated heterocycles. The number of likely N-dealkylation sites (tertiary alicyclic amines) is 1. The van der Waals surface area contributed by atoms with Crippen LogP contribution in [0.15, 0.2) is 35.0 Å². The van der Waals surface area contributed by atoms with Crippen molar-refractivity contribution in [1.29, 1.82) is 0 Å². The third-order valence-corrected chi connectivity index (χ3v) is 6.30. The highest BCUT2D eigenvalue weighted by atomic mass is 32.1. The maximum absolute atomic E-state index is 11.6. The topological polar surface area (TPSA) is 32.7 Å². The summed E-state index contributed by atoms with van der Waals surface area (Å²) in [7, 11) is 3.86. The Kier molecular flexibility index (Phi) is 4.47. The predicted octanol–water partition coefficient (Wildman–Crippen LogP) is 3.01. The second kappa shape index (κ2) is 6.18. The van der Waals surface area contributed by atoms with Crippen LogP contribution in [-0.2, 0) is 10.3 Å². The molecule has 2 aromatic heterocycles. The van der Waals surface area contributed by atoms with E-state index >= 15 is 0 Å². The van der Waals surface area contributed by atoms with Gasteiger partial charge in [0.15, 0.2) is 0 Å². The molecule has 1 fully saturated rings. The Morgan fingerprint density at radius 2 is 1.81 bits per heavy atom. The summed E-state index contributed by atoms with van der Waals surface area (Å²) in [6.45, 7) is 1.81. The van der Waals surface area contributed by atoms with E-state index in [1.165, 1.54) is 0 Å². The second-order valence-corrected chi connectivity index (χ2v) is 7.63. The van der Waals surface area contributed by atoms with Gasteiger partial charge in [-0.3, -0.25) is 0 Å². The molecule has 1 aliphatic heterocycles. The van der Waals surface area contributed by atoms with Gasteiger partial charge in [-0.15, -0.1) is 22.7 Å². The van der Waals surface area contributed by atoms with Crippen molar-refractivity contribution in [2.75, 3.05) is 27.2 Å². The van der Waals surface area contributed by atoms with Crippen molar-refractivity contribution in [1.82, 2.24) is 4.90 Å². The zero-order valence-electron chi connectivity index (χ0n) is 12.4. The van der Waals surface area contributed by atoms with Gasteiger partial charge in [-0.2, -0.15) is 0 Å². The Balaban J connectivity index is 2.00. The summed E-state index contributed by atoms with van der Waals surface area (Å²) in [5, 5.41) is 15.7. The van der Waals surface area contributed by atoms with Crippen molar-refractivity contribution in [3.8, 4) is 0 Å². The van der Waals surface area contributed by atoms with Crippen molar-refractivity contribution in [3.05, 3.63) is 44.8 Å². The van der Waals surface area contributed by atoms with Gasteiger partial charge in [0.1, 0.15) is 5.60 Å². The Morgan fingerprint density at radius 1 is 1.19 bits per heavy atom. The standard InChI is InChI=1S/C16H21NO2S2/c1-17-10-12(9-13(11-17)19-2)16(18,14-5-3-7-20-14)15-6-4-8-21-15/h3-8,12-13,18H,9-11H2,1-2H3. The Labute approximate surface area is 133 Å². The van der Waals surface area contributed by atoms with Crippen molar-refractivity contribution >= 4 is 22.7 Å². The van der Waals surface area contributed by atoms with E-state index in [2.05, 4.69) is 11.9 Å². The molecule has 21 heavy (non-hydrogen) atoms. The van der Waals surface area contributed by atoms with Gasteiger partial charge < -0.3 is 14.7 Å². The lowest BCUT2D eigenvalue weighted by Gasteiger charge is -2.43. The van der Waals surface area contributed by atoms with Crippen LogP contribution in [0.3, 0.4) is 0 Å². The SMILES string of the molecule is COC1CC(C(O)(c2cccs2)c2cccs2)CN(C)C1. The molecule has 0 radical (unpaired) electrons. The van der Waals surface area contributed by atoms with Gasteiger partial charge in [0.2, 0.25) is 0 Å². The first-order chi connectivity index (χ1) is 10.1. The van der Waals surface area contributed by atoms with E-state index in [0.29, 0.717) is 0 Å². The number of likely N-dealkylation sites (N-methyl/N-ethyl adjacent to an activating group) is 1. The van der Waals surface area contributed by atoms with Gasteiger partial charge in [-0.05, 0) is 36.4 Å². The quantitative estimate of drug-likeness (QED) is 0.939. The van der Waals surface area contributed by atoms with Crippen LogP contribution in [0, 0.1) is 5.92 Å². The van der Waals surface area contributed by atoms with Crippen LogP contribution in [-0.4, -0.2) is 43.4 Å². The van der Waals surface area contributed by atoms with Gasteiger partial charge in [0.25, 0.3) is 0 Å². The fourth-order valence-corrected chi connectivity index (χ4v) is 5.15. The molecule has 0 amide bonds. The molecule has 5 heteroatoms. The summed E-state index contributed by atoms with van der Waals surface area (Å²) in [5.41, 5.74) is -0.909. The highest BCUT2D eigenvalue weighted by Gasteiger charge is 2.45. The third kappa shape index (κ3) is 2.81. The summed E-state index contributed by atoms with van der Waals surface area (Å²) in [6.07, 6.45) is 1.06. The van der Waals surface area contributed by atoms with Gasteiger partial charge >= 0.3 is 0 Å². The predicted molar refractivity (Wildman–Crippen MR) is 88.0 cm³/mol. The molecule has 1 aliphatic rings. The fourth-order valence-electron chi connectivity index (χ4n) is 3.25. The number of piperidine rings is 1. The first-order valence-corrected chi connectivity index (χ1v) is 8.92. The third-order valence-electron chi connectivity index (χ3n) is 4.31. The lowest BCUT2D eigenvalue weighted by Crippen LogP contribution is -2.50. The number of nitrogens with zero attached hydrogens (tertiary/aromatic N) is 1. The van der Waals surface area contributed by atoms with E-state index < -0.39 is 5.60 Å². The number of aliphatic hydroxyl groups is 1. The zero-order valence-corrected chi connectivity index (χ0v) is 14.0. The molecule has 3 nitrogen and oxygen atoms in total. The molecular weight excluding hydrogens is 302 g/mol. The van der Waals surface area contributed by atoms with Crippen LogP contribution in [0.25, 0.3) is 0 Å². The second-order valence-electron chi connectivity index (χ2n) is 5.73. The van der Waals surface area contributed by atoms with E-state index in [9.17, 15) is 5.11 Å². The van der Waals surface area contributed by atoms with E-state index in [1.54, 1.807) is 29.8 Å². The number of thiophene rings is 2. The first-order valence-electron chi connectivity index (χ1n) is 7.16. The lowest BCUT2D eigenvalue weighted by atomic mass is 9.78. The Hall–Kier alpha value is -0.720. The molecule has 0 bridgehead atoms. The highest BCUT2D eigenvalue weighted by molar-refractivity contribution is 7.11. The molecular formula is C16H21NO2S2.